The minimum atomic E-state index is -0.727. The molecule has 0 fully saturated rings. The van der Waals surface area contributed by atoms with E-state index in [9.17, 15) is 4.79 Å². The predicted octanol–water partition coefficient (Wildman–Crippen LogP) is 0.477. The van der Waals surface area contributed by atoms with Crippen molar-refractivity contribution in [3.05, 3.63) is 0 Å². The van der Waals surface area contributed by atoms with Crippen LogP contribution in [0.15, 0.2) is 0 Å². The minimum absolute atomic E-state index is 0.238. The van der Waals surface area contributed by atoms with E-state index in [0.717, 1.165) is 6.54 Å². The highest BCUT2D eigenvalue weighted by atomic mass is 31.0. The van der Waals surface area contributed by atoms with E-state index in [-0.39, 0.29) is 5.92 Å². The van der Waals surface area contributed by atoms with Gasteiger partial charge in [-0.05, 0) is 13.0 Å². The van der Waals surface area contributed by atoms with Gasteiger partial charge in [-0.15, -0.1) is 0 Å². The molecule has 0 aliphatic heterocycles. The number of nitrogens with one attached hydrogen (secondary N) is 1. The van der Waals surface area contributed by atoms with Crippen LogP contribution in [0.25, 0.3) is 0 Å². The fourth-order valence-electron chi connectivity index (χ4n) is 0.423. The number of hydrogen-bond donors (Lipinski definition) is 2. The summed E-state index contributed by atoms with van der Waals surface area (Å²) in [5.41, 5.74) is 0. The molecule has 54 valence electrons. The number of carboxylic acid groups (broad SMARTS) is 1. The summed E-state index contributed by atoms with van der Waals surface area (Å²) in [5, 5.41) is 11.2. The Bertz CT molecular complexity index is 97.0. The van der Waals surface area contributed by atoms with Crippen molar-refractivity contribution in [2.24, 2.45) is 5.92 Å². The van der Waals surface area contributed by atoms with Crippen molar-refractivity contribution in [2.75, 3.05) is 6.54 Å². The van der Waals surface area contributed by atoms with Crippen molar-refractivity contribution >= 4 is 15.4 Å². The van der Waals surface area contributed by atoms with E-state index in [1.807, 2.05) is 0 Å². The number of rotatable bonds is 4. The zero-order valence-electron chi connectivity index (χ0n) is 5.42. The largest absolute Gasteiger partial charge is 0.481 e. The van der Waals surface area contributed by atoms with Gasteiger partial charge in [-0.3, -0.25) is 4.79 Å². The molecule has 9 heavy (non-hydrogen) atoms. The van der Waals surface area contributed by atoms with Crippen LogP contribution in [-0.2, 0) is 4.79 Å². The van der Waals surface area contributed by atoms with Crippen LogP contribution in [0.5, 0.6) is 0 Å². The van der Waals surface area contributed by atoms with Gasteiger partial charge in [0.1, 0.15) is 0 Å². The van der Waals surface area contributed by atoms with Crippen molar-refractivity contribution in [3.8, 4) is 0 Å². The fourth-order valence-corrected chi connectivity index (χ4v) is 0.590. The monoisotopic (exact) mass is 149 g/mol. The van der Waals surface area contributed by atoms with Crippen molar-refractivity contribution in [1.82, 2.24) is 5.09 Å². The van der Waals surface area contributed by atoms with Gasteiger partial charge in [-0.1, -0.05) is 16.3 Å². The molecule has 0 aromatic rings. The topological polar surface area (TPSA) is 49.3 Å². The molecule has 0 aromatic heterocycles. The molecule has 4 heteroatoms. The summed E-state index contributed by atoms with van der Waals surface area (Å²) >= 11 is 0. The van der Waals surface area contributed by atoms with Gasteiger partial charge >= 0.3 is 5.97 Å². The van der Waals surface area contributed by atoms with E-state index in [4.69, 9.17) is 5.11 Å². The molecule has 0 aliphatic rings. The van der Waals surface area contributed by atoms with Crippen LogP contribution in [-0.4, -0.2) is 17.6 Å². The van der Waals surface area contributed by atoms with Gasteiger partial charge < -0.3 is 10.2 Å². The summed E-state index contributed by atoms with van der Waals surface area (Å²) in [6.07, 6.45) is 0.679. The second-order valence-electron chi connectivity index (χ2n) is 1.98. The third-order valence-electron chi connectivity index (χ3n) is 1.14. The van der Waals surface area contributed by atoms with Gasteiger partial charge in [-0.2, -0.15) is 0 Å². The number of aliphatic carboxylic acids is 1. The van der Waals surface area contributed by atoms with Crippen LogP contribution >= 0.6 is 9.39 Å². The maximum atomic E-state index is 10.2. The van der Waals surface area contributed by atoms with Crippen LogP contribution in [0.4, 0.5) is 0 Å². The summed E-state index contributed by atoms with van der Waals surface area (Å²) in [6.45, 7) is 2.43. The molecule has 0 radical (unpaired) electrons. The third kappa shape index (κ3) is 4.37. The van der Waals surface area contributed by atoms with Crippen LogP contribution in [0.1, 0.15) is 13.3 Å². The normalized spacial score (nSPS) is 13.1. The van der Waals surface area contributed by atoms with Crippen molar-refractivity contribution in [2.45, 2.75) is 13.3 Å². The molecule has 0 saturated heterocycles. The lowest BCUT2D eigenvalue weighted by atomic mass is 10.1. The molecule has 0 bridgehead atoms. The Morgan fingerprint density at radius 3 is 2.78 bits per heavy atom. The highest BCUT2D eigenvalue weighted by molar-refractivity contribution is 7.13. The first-order valence-corrected chi connectivity index (χ1v) is 3.42. The van der Waals surface area contributed by atoms with E-state index in [1.54, 1.807) is 6.92 Å². The number of carbonyl (C=O) groups is 1. The first-order valence-electron chi connectivity index (χ1n) is 2.84. The van der Waals surface area contributed by atoms with E-state index < -0.39 is 5.97 Å². The smallest absolute Gasteiger partial charge is 0.306 e. The molecule has 0 rings (SSSR count). The lowest BCUT2D eigenvalue weighted by Crippen LogP contribution is -2.14. The lowest BCUT2D eigenvalue weighted by molar-refractivity contribution is -0.141. The van der Waals surface area contributed by atoms with Gasteiger partial charge in [0.2, 0.25) is 0 Å². The fraction of sp³-hybridized carbons (Fsp3) is 0.800. The van der Waals surface area contributed by atoms with Crippen molar-refractivity contribution in [1.29, 1.82) is 0 Å². The summed E-state index contributed by atoms with van der Waals surface area (Å²) in [7, 11) is 2.33. The molecule has 0 amide bonds. The Labute approximate surface area is 57.1 Å². The van der Waals surface area contributed by atoms with Crippen LogP contribution in [0.2, 0.25) is 0 Å². The van der Waals surface area contributed by atoms with E-state index >= 15 is 0 Å². The molecule has 0 aromatic carbocycles. The molecule has 0 spiro atoms. The highest BCUT2D eigenvalue weighted by Gasteiger charge is 2.08. The second-order valence-corrected chi connectivity index (χ2v) is 2.39. The molecule has 3 nitrogen and oxygen atoms in total. The second kappa shape index (κ2) is 4.71. The number of carboxylic acids is 1. The predicted molar refractivity (Wildman–Crippen MR) is 39.1 cm³/mol. The molecular weight excluding hydrogens is 137 g/mol. The maximum absolute atomic E-state index is 10.2. The Morgan fingerprint density at radius 2 is 2.44 bits per heavy atom. The van der Waals surface area contributed by atoms with E-state index in [0.29, 0.717) is 6.42 Å². The zero-order valence-corrected chi connectivity index (χ0v) is 6.58. The average Bonchev–Trinajstić information content (AvgIpc) is 1.82. The first-order chi connectivity index (χ1) is 4.18. The van der Waals surface area contributed by atoms with Gasteiger partial charge in [0, 0.05) is 0 Å². The Morgan fingerprint density at radius 1 is 1.89 bits per heavy atom. The third-order valence-corrected chi connectivity index (χ3v) is 1.43. The van der Waals surface area contributed by atoms with E-state index in [2.05, 4.69) is 14.5 Å². The first kappa shape index (κ1) is 8.86. The molecule has 0 aliphatic carbocycles. The van der Waals surface area contributed by atoms with Gasteiger partial charge in [0.15, 0.2) is 0 Å². The Hall–Kier alpha value is -0.140. The van der Waals surface area contributed by atoms with Crippen molar-refractivity contribution < 1.29 is 9.90 Å². The Kier molecular flexibility index (Phi) is 4.64. The molecule has 2 unspecified atom stereocenters. The molecule has 0 heterocycles. The Balaban J connectivity index is 3.27. The summed E-state index contributed by atoms with van der Waals surface area (Å²) in [5.74, 6) is -0.965. The number of hydrogen-bond acceptors (Lipinski definition) is 2. The quantitative estimate of drug-likeness (QED) is 0.571. The highest BCUT2D eigenvalue weighted by Crippen LogP contribution is 1.99. The van der Waals surface area contributed by atoms with Crippen LogP contribution in [0.3, 0.4) is 0 Å². The van der Waals surface area contributed by atoms with E-state index in [1.165, 1.54) is 0 Å². The molecule has 0 saturated carbocycles. The van der Waals surface area contributed by atoms with Gasteiger partial charge in [0.25, 0.3) is 0 Å². The van der Waals surface area contributed by atoms with Crippen LogP contribution < -0.4 is 5.09 Å². The SMILES string of the molecule is CC(CCNP)C(=O)O. The molecule has 2 atom stereocenters. The zero-order chi connectivity index (χ0) is 7.28. The summed E-state index contributed by atoms with van der Waals surface area (Å²) < 4.78 is 0. The van der Waals surface area contributed by atoms with Gasteiger partial charge in [0.05, 0.1) is 5.92 Å². The average molecular weight is 149 g/mol. The molecule has 2 N–H and O–H groups in total. The van der Waals surface area contributed by atoms with Gasteiger partial charge in [-0.25, -0.2) is 0 Å². The maximum Gasteiger partial charge on any atom is 0.306 e. The molecular formula is C5H12NO2P. The van der Waals surface area contributed by atoms with Crippen LogP contribution in [0, 0.1) is 5.92 Å². The minimum Gasteiger partial charge on any atom is -0.481 e. The summed E-state index contributed by atoms with van der Waals surface area (Å²) in [4.78, 5) is 10.2. The standard InChI is InChI=1S/C5H12NO2P/c1-4(5(7)8)2-3-6-9/h4,6H,2-3,9H2,1H3,(H,7,8). The summed E-state index contributed by atoms with van der Waals surface area (Å²) in [6, 6.07) is 0. The van der Waals surface area contributed by atoms with Crippen molar-refractivity contribution in [3.63, 3.8) is 0 Å². The lowest BCUT2D eigenvalue weighted by Gasteiger charge is -2.02.